The van der Waals surface area contributed by atoms with Crippen LogP contribution in [0.1, 0.15) is 43.9 Å². The van der Waals surface area contributed by atoms with Crippen LogP contribution in [0.3, 0.4) is 0 Å². The van der Waals surface area contributed by atoms with Crippen LogP contribution in [0.4, 0.5) is 0 Å². The van der Waals surface area contributed by atoms with Crippen LogP contribution in [0.25, 0.3) is 0 Å². The smallest absolute Gasteiger partial charge is 0.0285 e. The van der Waals surface area contributed by atoms with E-state index < -0.39 is 0 Å². The van der Waals surface area contributed by atoms with Gasteiger partial charge in [-0.15, -0.1) is 11.3 Å². The van der Waals surface area contributed by atoms with Crippen LogP contribution in [0.5, 0.6) is 0 Å². The lowest BCUT2D eigenvalue weighted by molar-refractivity contribution is 0.143. The van der Waals surface area contributed by atoms with Gasteiger partial charge in [-0.2, -0.15) is 0 Å². The molecule has 1 aromatic rings. The maximum absolute atomic E-state index is 6.10. The standard InChI is InChI=1S/C14H22BrNS/c1-2-11-4-3-5-14(7-11,10-16)8-13-6-12(15)9-17-13/h6,9,11H,2-5,7-8,10,16H2,1H3. The molecule has 0 aliphatic heterocycles. The zero-order valence-electron chi connectivity index (χ0n) is 10.5. The Morgan fingerprint density at radius 2 is 2.41 bits per heavy atom. The molecule has 2 atom stereocenters. The summed E-state index contributed by atoms with van der Waals surface area (Å²) in [6.07, 6.45) is 7.91. The Morgan fingerprint density at radius 1 is 1.59 bits per heavy atom. The zero-order chi connectivity index (χ0) is 12.3. The van der Waals surface area contributed by atoms with Gasteiger partial charge in [-0.3, -0.25) is 0 Å². The van der Waals surface area contributed by atoms with Gasteiger partial charge >= 0.3 is 0 Å². The molecule has 0 amide bonds. The van der Waals surface area contributed by atoms with Gasteiger partial charge in [-0.05, 0) is 59.1 Å². The summed E-state index contributed by atoms with van der Waals surface area (Å²) in [5.74, 6) is 0.899. The molecular weight excluding hydrogens is 294 g/mol. The predicted molar refractivity (Wildman–Crippen MR) is 79.5 cm³/mol. The minimum atomic E-state index is 0.378. The Hall–Kier alpha value is 0.140. The summed E-state index contributed by atoms with van der Waals surface area (Å²) in [5.41, 5.74) is 6.48. The average molecular weight is 316 g/mol. The van der Waals surface area contributed by atoms with E-state index >= 15 is 0 Å². The molecule has 1 heterocycles. The first-order chi connectivity index (χ1) is 8.17. The van der Waals surface area contributed by atoms with E-state index in [0.717, 1.165) is 12.5 Å². The fourth-order valence-electron chi connectivity index (χ4n) is 3.16. The molecule has 1 nitrogen and oxygen atoms in total. The number of thiophene rings is 1. The van der Waals surface area contributed by atoms with Crippen LogP contribution in [0.15, 0.2) is 15.9 Å². The molecule has 1 aliphatic carbocycles. The van der Waals surface area contributed by atoms with Gasteiger partial charge in [-0.1, -0.05) is 26.2 Å². The van der Waals surface area contributed by atoms with Crippen molar-refractivity contribution < 1.29 is 0 Å². The summed E-state index contributed by atoms with van der Waals surface area (Å²) >= 11 is 5.40. The monoisotopic (exact) mass is 315 g/mol. The van der Waals surface area contributed by atoms with Gasteiger partial charge in [-0.25, -0.2) is 0 Å². The lowest BCUT2D eigenvalue weighted by Gasteiger charge is -2.40. The second-order valence-electron chi connectivity index (χ2n) is 5.48. The highest BCUT2D eigenvalue weighted by Crippen LogP contribution is 2.43. The van der Waals surface area contributed by atoms with E-state index in [-0.39, 0.29) is 0 Å². The maximum atomic E-state index is 6.10. The van der Waals surface area contributed by atoms with Crippen molar-refractivity contribution in [2.45, 2.75) is 45.4 Å². The van der Waals surface area contributed by atoms with Crippen molar-refractivity contribution in [2.24, 2.45) is 17.1 Å². The van der Waals surface area contributed by atoms with Crippen molar-refractivity contribution in [1.29, 1.82) is 0 Å². The molecule has 0 bridgehead atoms. The molecule has 96 valence electrons. The van der Waals surface area contributed by atoms with Crippen LogP contribution in [-0.2, 0) is 6.42 Å². The van der Waals surface area contributed by atoms with Gasteiger partial charge in [0.2, 0.25) is 0 Å². The second kappa shape index (κ2) is 5.85. The summed E-state index contributed by atoms with van der Waals surface area (Å²) in [4.78, 5) is 1.49. The molecule has 2 rings (SSSR count). The number of hydrogen-bond donors (Lipinski definition) is 1. The second-order valence-corrected chi connectivity index (χ2v) is 7.39. The van der Waals surface area contributed by atoms with E-state index in [1.807, 2.05) is 11.3 Å². The molecule has 3 heteroatoms. The number of rotatable bonds is 4. The maximum Gasteiger partial charge on any atom is 0.0285 e. The van der Waals surface area contributed by atoms with Gasteiger partial charge in [0.15, 0.2) is 0 Å². The summed E-state index contributed by atoms with van der Waals surface area (Å²) < 4.78 is 1.22. The van der Waals surface area contributed by atoms with Crippen molar-refractivity contribution in [1.82, 2.24) is 0 Å². The molecule has 0 saturated heterocycles. The third-order valence-corrected chi connectivity index (χ3v) is 5.92. The van der Waals surface area contributed by atoms with Gasteiger partial charge in [0.05, 0.1) is 0 Å². The topological polar surface area (TPSA) is 26.0 Å². The minimum Gasteiger partial charge on any atom is -0.330 e. The van der Waals surface area contributed by atoms with Crippen LogP contribution in [-0.4, -0.2) is 6.54 Å². The van der Waals surface area contributed by atoms with E-state index in [4.69, 9.17) is 5.73 Å². The fraction of sp³-hybridized carbons (Fsp3) is 0.714. The van der Waals surface area contributed by atoms with Gasteiger partial charge in [0.1, 0.15) is 0 Å². The van der Waals surface area contributed by atoms with Crippen molar-refractivity contribution >= 4 is 27.3 Å². The predicted octanol–water partition coefficient (Wildman–Crippen LogP) is 4.60. The summed E-state index contributed by atoms with van der Waals surface area (Å²) in [7, 11) is 0. The van der Waals surface area contributed by atoms with Gasteiger partial charge in [0.25, 0.3) is 0 Å². The molecule has 0 aromatic carbocycles. The number of halogens is 1. The highest BCUT2D eigenvalue weighted by molar-refractivity contribution is 9.10. The molecule has 1 aliphatic rings. The molecule has 0 spiro atoms. The quantitative estimate of drug-likeness (QED) is 0.863. The Labute approximate surface area is 117 Å². The normalized spacial score (nSPS) is 29.5. The van der Waals surface area contributed by atoms with Crippen molar-refractivity contribution in [3.8, 4) is 0 Å². The van der Waals surface area contributed by atoms with E-state index in [1.54, 1.807) is 0 Å². The summed E-state index contributed by atoms with van der Waals surface area (Å²) in [5, 5.41) is 2.18. The molecule has 1 saturated carbocycles. The first-order valence-electron chi connectivity index (χ1n) is 6.60. The summed E-state index contributed by atoms with van der Waals surface area (Å²) in [6, 6.07) is 2.26. The van der Waals surface area contributed by atoms with Gasteiger partial charge in [0, 0.05) is 14.7 Å². The molecule has 1 aromatic heterocycles. The lowest BCUT2D eigenvalue weighted by atomic mass is 9.67. The first-order valence-corrected chi connectivity index (χ1v) is 8.28. The number of nitrogens with two attached hydrogens (primary N) is 1. The molecule has 2 N–H and O–H groups in total. The highest BCUT2D eigenvalue weighted by atomic mass is 79.9. The van der Waals surface area contributed by atoms with E-state index in [2.05, 4.69) is 34.3 Å². The highest BCUT2D eigenvalue weighted by Gasteiger charge is 2.34. The first kappa shape index (κ1) is 13.6. The largest absolute Gasteiger partial charge is 0.330 e. The number of hydrogen-bond acceptors (Lipinski definition) is 2. The Kier molecular flexibility index (Phi) is 4.67. The SMILES string of the molecule is CCC1CCCC(CN)(Cc2cc(Br)cs2)C1. The molecule has 2 unspecified atom stereocenters. The molecule has 0 radical (unpaired) electrons. The van der Waals surface area contributed by atoms with E-state index in [0.29, 0.717) is 5.41 Å². The van der Waals surface area contributed by atoms with Gasteiger partial charge < -0.3 is 5.73 Å². The zero-order valence-corrected chi connectivity index (χ0v) is 12.9. The van der Waals surface area contributed by atoms with Crippen LogP contribution >= 0.6 is 27.3 Å². The Morgan fingerprint density at radius 3 is 3.00 bits per heavy atom. The van der Waals surface area contributed by atoms with Crippen molar-refractivity contribution in [2.75, 3.05) is 6.54 Å². The van der Waals surface area contributed by atoms with Crippen molar-refractivity contribution in [3.63, 3.8) is 0 Å². The lowest BCUT2D eigenvalue weighted by Crippen LogP contribution is -2.37. The molecule has 17 heavy (non-hydrogen) atoms. The third kappa shape index (κ3) is 3.33. The molecular formula is C14H22BrNS. The minimum absolute atomic E-state index is 0.378. The molecule has 1 fully saturated rings. The Balaban J connectivity index is 2.08. The van der Waals surface area contributed by atoms with Crippen LogP contribution < -0.4 is 5.73 Å². The third-order valence-electron chi connectivity index (χ3n) is 4.22. The summed E-state index contributed by atoms with van der Waals surface area (Å²) in [6.45, 7) is 3.16. The van der Waals surface area contributed by atoms with Crippen LogP contribution in [0.2, 0.25) is 0 Å². The van der Waals surface area contributed by atoms with Crippen LogP contribution in [0, 0.1) is 11.3 Å². The van der Waals surface area contributed by atoms with Crippen molar-refractivity contribution in [3.05, 3.63) is 20.8 Å². The Bertz CT molecular complexity index is 363. The van der Waals surface area contributed by atoms with E-state index in [1.165, 1.54) is 47.9 Å². The van der Waals surface area contributed by atoms with E-state index in [9.17, 15) is 0 Å². The fourth-order valence-corrected chi connectivity index (χ4v) is 4.79. The average Bonchev–Trinajstić information content (AvgIpc) is 2.75.